The summed E-state index contributed by atoms with van der Waals surface area (Å²) in [4.78, 5) is 38.0. The summed E-state index contributed by atoms with van der Waals surface area (Å²) in [5.41, 5.74) is -0.528. The molecule has 2 N–H and O–H groups in total. The highest BCUT2D eigenvalue weighted by atomic mass is 16.2. The quantitative estimate of drug-likeness (QED) is 0.704. The second-order valence-electron chi connectivity index (χ2n) is 5.58. The molecule has 0 saturated heterocycles. The van der Waals surface area contributed by atoms with Crippen LogP contribution < -0.4 is 16.6 Å². The maximum absolute atomic E-state index is 12.6. The Morgan fingerprint density at radius 3 is 2.68 bits per heavy atom. The number of carbonyl (C=O) groups excluding carboxylic acids is 1. The Kier molecular flexibility index (Phi) is 4.60. The summed E-state index contributed by atoms with van der Waals surface area (Å²) in [7, 11) is 1.47. The summed E-state index contributed by atoms with van der Waals surface area (Å²) in [6.07, 6.45) is 4.68. The zero-order valence-electron chi connectivity index (χ0n) is 13.5. The predicted octanol–water partition coefficient (Wildman–Crippen LogP) is 0.441. The molecule has 0 bridgehead atoms. The SMILES string of the molecule is Cn1cc(C(=O)N[C@H](Cn2cccn2)c2ccccc2)c(=O)[nH]c1=O. The number of nitrogens with zero attached hydrogens (tertiary/aromatic N) is 3. The molecule has 0 spiro atoms. The molecule has 0 aliphatic rings. The fraction of sp³-hybridized carbons (Fsp3) is 0.176. The van der Waals surface area contributed by atoms with Gasteiger partial charge >= 0.3 is 5.69 Å². The number of benzene rings is 1. The van der Waals surface area contributed by atoms with Gasteiger partial charge < -0.3 is 9.88 Å². The van der Waals surface area contributed by atoms with Crippen molar-refractivity contribution < 1.29 is 4.79 Å². The molecule has 8 heteroatoms. The number of nitrogens with one attached hydrogen (secondary N) is 2. The minimum atomic E-state index is -0.716. The normalized spacial score (nSPS) is 11.9. The van der Waals surface area contributed by atoms with Crippen LogP contribution in [0.4, 0.5) is 0 Å². The van der Waals surface area contributed by atoms with Crippen molar-refractivity contribution in [3.05, 3.63) is 87.0 Å². The van der Waals surface area contributed by atoms with E-state index in [0.717, 1.165) is 10.1 Å². The fourth-order valence-corrected chi connectivity index (χ4v) is 2.48. The first-order valence-electron chi connectivity index (χ1n) is 7.68. The number of carbonyl (C=O) groups is 1. The minimum Gasteiger partial charge on any atom is -0.343 e. The molecule has 3 aromatic rings. The largest absolute Gasteiger partial charge is 0.343 e. The lowest BCUT2D eigenvalue weighted by atomic mass is 10.1. The molecule has 0 radical (unpaired) electrons. The van der Waals surface area contributed by atoms with Crippen molar-refractivity contribution in [2.24, 2.45) is 7.05 Å². The van der Waals surface area contributed by atoms with Crippen LogP contribution in [0.3, 0.4) is 0 Å². The second kappa shape index (κ2) is 7.00. The van der Waals surface area contributed by atoms with E-state index in [1.165, 1.54) is 13.2 Å². The number of H-pyrrole nitrogens is 1. The van der Waals surface area contributed by atoms with Gasteiger partial charge in [-0.15, -0.1) is 0 Å². The molecule has 0 saturated carbocycles. The Labute approximate surface area is 142 Å². The molecule has 128 valence electrons. The number of rotatable bonds is 5. The molecule has 1 amide bonds. The van der Waals surface area contributed by atoms with Crippen molar-refractivity contribution >= 4 is 5.91 Å². The average molecular weight is 339 g/mol. The molecule has 0 aliphatic heterocycles. The molecule has 8 nitrogen and oxygen atoms in total. The molecule has 1 atom stereocenters. The van der Waals surface area contributed by atoms with Crippen LogP contribution in [0.1, 0.15) is 22.0 Å². The van der Waals surface area contributed by atoms with Crippen LogP contribution in [0.25, 0.3) is 0 Å². The van der Waals surface area contributed by atoms with Gasteiger partial charge in [-0.3, -0.25) is 19.3 Å². The lowest BCUT2D eigenvalue weighted by Gasteiger charge is -2.19. The number of aromatic amines is 1. The van der Waals surface area contributed by atoms with Gasteiger partial charge in [-0.25, -0.2) is 4.79 Å². The van der Waals surface area contributed by atoms with Gasteiger partial charge in [0.2, 0.25) is 0 Å². The molecule has 0 fully saturated rings. The van der Waals surface area contributed by atoms with E-state index in [1.807, 2.05) is 30.3 Å². The van der Waals surface area contributed by atoms with Gasteiger partial charge in [0.15, 0.2) is 0 Å². The van der Waals surface area contributed by atoms with Crippen LogP contribution in [-0.4, -0.2) is 25.2 Å². The van der Waals surface area contributed by atoms with E-state index >= 15 is 0 Å². The summed E-state index contributed by atoms with van der Waals surface area (Å²) < 4.78 is 2.85. The van der Waals surface area contributed by atoms with Crippen LogP contribution in [-0.2, 0) is 13.6 Å². The zero-order valence-corrected chi connectivity index (χ0v) is 13.5. The van der Waals surface area contributed by atoms with E-state index in [1.54, 1.807) is 23.1 Å². The van der Waals surface area contributed by atoms with Gasteiger partial charge in [-0.05, 0) is 11.6 Å². The first-order chi connectivity index (χ1) is 12.0. The zero-order chi connectivity index (χ0) is 17.8. The highest BCUT2D eigenvalue weighted by molar-refractivity contribution is 5.93. The molecule has 0 unspecified atom stereocenters. The molecular formula is C17H17N5O3. The summed E-state index contributed by atoms with van der Waals surface area (Å²) in [5.74, 6) is -0.558. The van der Waals surface area contributed by atoms with Crippen LogP contribution in [0.2, 0.25) is 0 Å². The molecule has 2 aromatic heterocycles. The average Bonchev–Trinajstić information content (AvgIpc) is 3.11. The van der Waals surface area contributed by atoms with Crippen molar-refractivity contribution in [3.8, 4) is 0 Å². The van der Waals surface area contributed by atoms with Gasteiger partial charge in [0.05, 0.1) is 12.6 Å². The van der Waals surface area contributed by atoms with Gasteiger partial charge in [-0.1, -0.05) is 30.3 Å². The summed E-state index contributed by atoms with van der Waals surface area (Å²) in [6.45, 7) is 0.409. The number of aryl methyl sites for hydroxylation is 1. The lowest BCUT2D eigenvalue weighted by molar-refractivity contribution is 0.0929. The Morgan fingerprint density at radius 2 is 2.00 bits per heavy atom. The number of hydrogen-bond donors (Lipinski definition) is 2. The van der Waals surface area contributed by atoms with E-state index < -0.39 is 17.2 Å². The van der Waals surface area contributed by atoms with Crippen LogP contribution in [0.15, 0.2) is 64.6 Å². The topological polar surface area (TPSA) is 102 Å². The Hall–Kier alpha value is -3.42. The van der Waals surface area contributed by atoms with Crippen molar-refractivity contribution in [1.29, 1.82) is 0 Å². The second-order valence-corrected chi connectivity index (χ2v) is 5.58. The highest BCUT2D eigenvalue weighted by Gasteiger charge is 2.19. The van der Waals surface area contributed by atoms with Crippen molar-refractivity contribution in [2.75, 3.05) is 0 Å². The summed E-state index contributed by atoms with van der Waals surface area (Å²) in [5, 5.41) is 7.00. The first kappa shape index (κ1) is 16.4. The van der Waals surface area contributed by atoms with Crippen molar-refractivity contribution in [2.45, 2.75) is 12.6 Å². The van der Waals surface area contributed by atoms with Crippen molar-refractivity contribution in [1.82, 2.24) is 24.6 Å². The van der Waals surface area contributed by atoms with Crippen LogP contribution >= 0.6 is 0 Å². The van der Waals surface area contributed by atoms with Gasteiger partial charge in [0.25, 0.3) is 11.5 Å². The molecular weight excluding hydrogens is 322 g/mol. The Bertz CT molecular complexity index is 974. The molecule has 2 heterocycles. The molecule has 0 aliphatic carbocycles. The fourth-order valence-electron chi connectivity index (χ4n) is 2.48. The molecule has 25 heavy (non-hydrogen) atoms. The maximum atomic E-state index is 12.6. The van der Waals surface area contributed by atoms with Crippen LogP contribution in [0, 0.1) is 0 Å². The van der Waals surface area contributed by atoms with Gasteiger partial charge in [0, 0.05) is 25.6 Å². The third-order valence-corrected chi connectivity index (χ3v) is 3.79. The Balaban J connectivity index is 1.90. The number of amides is 1. The van der Waals surface area contributed by atoms with Gasteiger partial charge in [0.1, 0.15) is 5.56 Å². The molecule has 1 aromatic carbocycles. The smallest absolute Gasteiger partial charge is 0.328 e. The van der Waals surface area contributed by atoms with E-state index in [2.05, 4.69) is 15.4 Å². The van der Waals surface area contributed by atoms with Crippen molar-refractivity contribution in [3.63, 3.8) is 0 Å². The summed E-state index contributed by atoms with van der Waals surface area (Å²) in [6, 6.07) is 10.8. The van der Waals surface area contributed by atoms with E-state index in [0.29, 0.717) is 6.54 Å². The summed E-state index contributed by atoms with van der Waals surface area (Å²) >= 11 is 0. The van der Waals surface area contributed by atoms with E-state index in [-0.39, 0.29) is 11.6 Å². The maximum Gasteiger partial charge on any atom is 0.328 e. The first-order valence-corrected chi connectivity index (χ1v) is 7.68. The third kappa shape index (κ3) is 3.74. The standard InChI is InChI=1S/C17H17N5O3/c1-21-10-13(16(24)20-17(21)25)15(23)19-14(11-22-9-5-8-18-22)12-6-3-2-4-7-12/h2-10,14H,11H2,1H3,(H,19,23)(H,20,24,25)/t14-/m1/s1. The molecule has 3 rings (SSSR count). The number of hydrogen-bond acceptors (Lipinski definition) is 4. The third-order valence-electron chi connectivity index (χ3n) is 3.79. The van der Waals surface area contributed by atoms with E-state index in [4.69, 9.17) is 0 Å². The highest BCUT2D eigenvalue weighted by Crippen LogP contribution is 2.15. The number of aromatic nitrogens is 4. The monoisotopic (exact) mass is 339 g/mol. The van der Waals surface area contributed by atoms with E-state index in [9.17, 15) is 14.4 Å². The van der Waals surface area contributed by atoms with Gasteiger partial charge in [-0.2, -0.15) is 5.10 Å². The predicted molar refractivity (Wildman–Crippen MR) is 91.2 cm³/mol. The van der Waals surface area contributed by atoms with Crippen LogP contribution in [0.5, 0.6) is 0 Å². The Morgan fingerprint density at radius 1 is 1.24 bits per heavy atom. The minimum absolute atomic E-state index is 0.122. The lowest BCUT2D eigenvalue weighted by Crippen LogP contribution is -2.38.